The lowest BCUT2D eigenvalue weighted by Crippen LogP contribution is -2.13. The number of carboxylic acid groups (broad SMARTS) is 2. The molecule has 0 spiro atoms. The smallest absolute Gasteiger partial charge is 0.335 e. The van der Waals surface area contributed by atoms with Gasteiger partial charge in [0.15, 0.2) is 0 Å². The first kappa shape index (κ1) is 15.2. The highest BCUT2D eigenvalue weighted by atomic mass is 19.1. The van der Waals surface area contributed by atoms with Crippen molar-refractivity contribution in [3.63, 3.8) is 0 Å². The Morgan fingerprint density at radius 3 is 1.95 bits per heavy atom. The van der Waals surface area contributed by atoms with Gasteiger partial charge >= 0.3 is 11.9 Å². The summed E-state index contributed by atoms with van der Waals surface area (Å²) in [5.41, 5.74) is -0.548. The topological polar surface area (TPSA) is 104 Å². The predicted molar refractivity (Wildman–Crippen MR) is 74.7 cm³/mol. The van der Waals surface area contributed by atoms with E-state index in [0.29, 0.717) is 0 Å². The van der Waals surface area contributed by atoms with Crippen LogP contribution in [0.5, 0.6) is 0 Å². The van der Waals surface area contributed by atoms with Gasteiger partial charge in [0.2, 0.25) is 0 Å². The molecule has 2 rings (SSSR count). The van der Waals surface area contributed by atoms with E-state index in [0.717, 1.165) is 24.3 Å². The molecule has 1 amide bonds. The van der Waals surface area contributed by atoms with Crippen LogP contribution in [0.15, 0.2) is 42.5 Å². The van der Waals surface area contributed by atoms with Crippen molar-refractivity contribution in [2.45, 2.75) is 0 Å². The largest absolute Gasteiger partial charge is 0.478 e. The van der Waals surface area contributed by atoms with E-state index in [1.807, 2.05) is 0 Å². The molecule has 0 aliphatic rings. The minimum Gasteiger partial charge on any atom is -0.478 e. The van der Waals surface area contributed by atoms with Gasteiger partial charge in [-0.3, -0.25) is 4.79 Å². The number of benzene rings is 2. The van der Waals surface area contributed by atoms with Crippen molar-refractivity contribution in [1.82, 2.24) is 0 Å². The highest BCUT2D eigenvalue weighted by Gasteiger charge is 2.14. The molecule has 0 radical (unpaired) electrons. The second kappa shape index (κ2) is 6.04. The summed E-state index contributed by atoms with van der Waals surface area (Å²) in [7, 11) is 0. The first-order valence-corrected chi connectivity index (χ1v) is 6.05. The van der Waals surface area contributed by atoms with Crippen LogP contribution >= 0.6 is 0 Å². The fraction of sp³-hybridized carbons (Fsp3) is 0. The summed E-state index contributed by atoms with van der Waals surface area (Å²) >= 11 is 0. The van der Waals surface area contributed by atoms with E-state index in [-0.39, 0.29) is 22.4 Å². The van der Waals surface area contributed by atoms with Crippen molar-refractivity contribution < 1.29 is 29.0 Å². The summed E-state index contributed by atoms with van der Waals surface area (Å²) in [6, 6.07) is 8.11. The number of hydrogen-bond donors (Lipinski definition) is 3. The zero-order chi connectivity index (χ0) is 16.3. The van der Waals surface area contributed by atoms with Crippen molar-refractivity contribution in [2.24, 2.45) is 0 Å². The maximum absolute atomic E-state index is 13.1. The van der Waals surface area contributed by atoms with Crippen molar-refractivity contribution in [3.05, 3.63) is 65.0 Å². The van der Waals surface area contributed by atoms with Crippen LogP contribution < -0.4 is 5.32 Å². The van der Waals surface area contributed by atoms with E-state index < -0.39 is 23.7 Å². The third kappa shape index (κ3) is 3.45. The van der Waals surface area contributed by atoms with E-state index in [9.17, 15) is 18.8 Å². The molecule has 0 bridgehead atoms. The molecule has 0 heterocycles. The zero-order valence-electron chi connectivity index (χ0n) is 11.0. The third-order valence-corrected chi connectivity index (χ3v) is 2.77. The van der Waals surface area contributed by atoms with E-state index in [4.69, 9.17) is 10.2 Å². The van der Waals surface area contributed by atoms with Gasteiger partial charge in [-0.05, 0) is 36.4 Å². The number of carbonyl (C=O) groups is 3. The molecule has 0 atom stereocenters. The molecule has 6 nitrogen and oxygen atoms in total. The Morgan fingerprint density at radius 2 is 1.45 bits per heavy atom. The molecule has 112 valence electrons. The van der Waals surface area contributed by atoms with Crippen LogP contribution in [0.1, 0.15) is 31.1 Å². The predicted octanol–water partition coefficient (Wildman–Crippen LogP) is 2.47. The van der Waals surface area contributed by atoms with Crippen LogP contribution in [0, 0.1) is 5.82 Å². The number of anilines is 1. The molecule has 0 fully saturated rings. The highest BCUT2D eigenvalue weighted by molar-refractivity contribution is 6.05. The molecule has 0 saturated carbocycles. The molecular formula is C15H10FNO5. The summed E-state index contributed by atoms with van der Waals surface area (Å²) in [5, 5.41) is 20.2. The van der Waals surface area contributed by atoms with Crippen molar-refractivity contribution >= 4 is 23.5 Å². The number of carbonyl (C=O) groups excluding carboxylic acids is 1. The Labute approximate surface area is 123 Å². The van der Waals surface area contributed by atoms with Crippen molar-refractivity contribution in [3.8, 4) is 0 Å². The fourth-order valence-corrected chi connectivity index (χ4v) is 1.78. The molecule has 2 aromatic carbocycles. The number of carboxylic acids is 2. The number of rotatable bonds is 4. The molecule has 22 heavy (non-hydrogen) atoms. The summed E-state index contributed by atoms with van der Waals surface area (Å²) in [6.45, 7) is 0. The van der Waals surface area contributed by atoms with E-state index in [1.165, 1.54) is 18.2 Å². The standard InChI is InChI=1S/C15H10FNO5/c16-11-3-1-2-8(5-11)13(18)17-12-6-9(14(19)20)4-10(7-12)15(21)22/h1-7H,(H,17,18)(H,19,20)(H,21,22). The van der Waals surface area contributed by atoms with Gasteiger partial charge in [0.05, 0.1) is 11.1 Å². The minimum atomic E-state index is -1.33. The van der Waals surface area contributed by atoms with Gasteiger partial charge in [0, 0.05) is 11.3 Å². The van der Waals surface area contributed by atoms with Gasteiger partial charge in [0.1, 0.15) is 5.82 Å². The molecule has 0 unspecified atom stereocenters. The van der Waals surface area contributed by atoms with Crippen LogP contribution in [0.4, 0.5) is 10.1 Å². The van der Waals surface area contributed by atoms with Gasteiger partial charge in [0.25, 0.3) is 5.91 Å². The number of hydrogen-bond acceptors (Lipinski definition) is 3. The summed E-state index contributed by atoms with van der Waals surface area (Å²) < 4.78 is 13.1. The number of amides is 1. The molecular weight excluding hydrogens is 293 g/mol. The fourth-order valence-electron chi connectivity index (χ4n) is 1.78. The van der Waals surface area contributed by atoms with Crippen molar-refractivity contribution in [1.29, 1.82) is 0 Å². The lowest BCUT2D eigenvalue weighted by Gasteiger charge is -2.08. The average Bonchev–Trinajstić information content (AvgIpc) is 2.46. The van der Waals surface area contributed by atoms with E-state index in [1.54, 1.807) is 0 Å². The van der Waals surface area contributed by atoms with Gasteiger partial charge in [-0.25, -0.2) is 14.0 Å². The first-order chi connectivity index (χ1) is 10.4. The van der Waals surface area contributed by atoms with E-state index in [2.05, 4.69) is 5.32 Å². The number of halogens is 1. The third-order valence-electron chi connectivity index (χ3n) is 2.77. The van der Waals surface area contributed by atoms with Crippen LogP contribution in [0.3, 0.4) is 0 Å². The van der Waals surface area contributed by atoms with Crippen molar-refractivity contribution in [2.75, 3.05) is 5.32 Å². The van der Waals surface area contributed by atoms with Gasteiger partial charge in [-0.15, -0.1) is 0 Å². The molecule has 0 aromatic heterocycles. The van der Waals surface area contributed by atoms with Gasteiger partial charge < -0.3 is 15.5 Å². The van der Waals surface area contributed by atoms with Crippen LogP contribution in [-0.2, 0) is 0 Å². The maximum Gasteiger partial charge on any atom is 0.335 e. The summed E-state index contributed by atoms with van der Waals surface area (Å²) in [5.74, 6) is -3.94. The maximum atomic E-state index is 13.1. The van der Waals surface area contributed by atoms with Crippen LogP contribution in [0.25, 0.3) is 0 Å². The Kier molecular flexibility index (Phi) is 4.17. The summed E-state index contributed by atoms with van der Waals surface area (Å²) in [6.07, 6.45) is 0. The van der Waals surface area contributed by atoms with E-state index >= 15 is 0 Å². The molecule has 3 N–H and O–H groups in total. The number of aromatic carboxylic acids is 2. The highest BCUT2D eigenvalue weighted by Crippen LogP contribution is 2.17. The van der Waals surface area contributed by atoms with Gasteiger partial charge in [-0.2, -0.15) is 0 Å². The minimum absolute atomic E-state index is 0.00781. The molecule has 0 saturated heterocycles. The average molecular weight is 303 g/mol. The zero-order valence-corrected chi connectivity index (χ0v) is 11.0. The van der Waals surface area contributed by atoms with Crippen LogP contribution in [0.2, 0.25) is 0 Å². The Balaban J connectivity index is 2.34. The molecule has 2 aromatic rings. The SMILES string of the molecule is O=C(O)c1cc(NC(=O)c2cccc(F)c2)cc(C(=O)O)c1. The second-order valence-electron chi connectivity index (χ2n) is 4.37. The lowest BCUT2D eigenvalue weighted by atomic mass is 10.1. The molecule has 7 heteroatoms. The summed E-state index contributed by atoms with van der Waals surface area (Å²) in [4.78, 5) is 33.9. The first-order valence-electron chi connectivity index (χ1n) is 6.05. The number of nitrogens with one attached hydrogen (secondary N) is 1. The van der Waals surface area contributed by atoms with Crippen LogP contribution in [-0.4, -0.2) is 28.1 Å². The Hall–Kier alpha value is -3.22. The Bertz CT molecular complexity index is 740. The van der Waals surface area contributed by atoms with Gasteiger partial charge in [-0.1, -0.05) is 6.07 Å². The monoisotopic (exact) mass is 303 g/mol. The second-order valence-corrected chi connectivity index (χ2v) is 4.37. The Morgan fingerprint density at radius 1 is 0.864 bits per heavy atom. The molecule has 0 aliphatic carbocycles. The quantitative estimate of drug-likeness (QED) is 0.805. The molecule has 0 aliphatic heterocycles. The lowest BCUT2D eigenvalue weighted by molar-refractivity contribution is 0.0696. The normalized spacial score (nSPS) is 10.0.